The molecule has 1 aliphatic rings. The summed E-state index contributed by atoms with van der Waals surface area (Å²) in [5, 5.41) is 0. The molecule has 0 radical (unpaired) electrons. The van der Waals surface area contributed by atoms with E-state index in [0.717, 1.165) is 5.92 Å². The first-order valence-corrected chi connectivity index (χ1v) is 6.34. The Morgan fingerprint density at radius 3 is 2.40 bits per heavy atom. The van der Waals surface area contributed by atoms with E-state index in [1.165, 1.54) is 32.1 Å². The van der Waals surface area contributed by atoms with Gasteiger partial charge in [-0.15, -0.1) is 0 Å². The molecule has 0 amide bonds. The van der Waals surface area contributed by atoms with E-state index in [2.05, 4.69) is 6.92 Å². The van der Waals surface area contributed by atoms with Gasteiger partial charge in [0.2, 0.25) is 0 Å². The second kappa shape index (κ2) is 6.14. The third-order valence-electron chi connectivity index (χ3n) is 3.74. The van der Waals surface area contributed by atoms with E-state index in [4.69, 9.17) is 4.74 Å². The second-order valence-electron chi connectivity index (χ2n) is 4.81. The third-order valence-corrected chi connectivity index (χ3v) is 3.74. The Morgan fingerprint density at radius 1 is 1.27 bits per heavy atom. The van der Waals surface area contributed by atoms with E-state index in [9.17, 15) is 4.79 Å². The van der Waals surface area contributed by atoms with Crippen LogP contribution in [0.2, 0.25) is 0 Å². The molecule has 1 aliphatic carbocycles. The molecule has 2 nitrogen and oxygen atoms in total. The topological polar surface area (TPSA) is 26.3 Å². The average molecular weight is 212 g/mol. The molecular formula is C13H24O2. The third kappa shape index (κ3) is 3.84. The summed E-state index contributed by atoms with van der Waals surface area (Å²) >= 11 is 0. The molecule has 0 heterocycles. The number of rotatable bonds is 4. The van der Waals surface area contributed by atoms with Gasteiger partial charge in [-0.25, -0.2) is 0 Å². The lowest BCUT2D eigenvalue weighted by Crippen LogP contribution is -2.29. The van der Waals surface area contributed by atoms with Gasteiger partial charge in [0, 0.05) is 6.42 Å². The molecule has 0 aromatic rings. The van der Waals surface area contributed by atoms with E-state index >= 15 is 0 Å². The molecular weight excluding hydrogens is 188 g/mol. The van der Waals surface area contributed by atoms with Gasteiger partial charge in [0.1, 0.15) is 6.10 Å². The molecule has 0 spiro atoms. The van der Waals surface area contributed by atoms with Crippen LogP contribution in [0.15, 0.2) is 0 Å². The molecule has 1 fully saturated rings. The molecule has 0 bridgehead atoms. The van der Waals surface area contributed by atoms with Crippen molar-refractivity contribution in [1.29, 1.82) is 0 Å². The summed E-state index contributed by atoms with van der Waals surface area (Å²) in [7, 11) is 0. The zero-order chi connectivity index (χ0) is 11.3. The summed E-state index contributed by atoms with van der Waals surface area (Å²) in [5.74, 6) is 1.21. The summed E-state index contributed by atoms with van der Waals surface area (Å²) in [4.78, 5) is 11.2. The highest BCUT2D eigenvalue weighted by atomic mass is 16.5. The number of hydrogen-bond donors (Lipinski definition) is 0. The highest BCUT2D eigenvalue weighted by Crippen LogP contribution is 2.32. The maximum absolute atomic E-state index is 11.2. The standard InChI is InChI=1S/C13H24O2/c1-4-13(14)15-11(3)10(2)12-8-6-5-7-9-12/h10-12H,4-9H2,1-3H3. The van der Waals surface area contributed by atoms with Crippen LogP contribution >= 0.6 is 0 Å². The SMILES string of the molecule is CCC(=O)OC(C)C(C)C1CCCCC1. The number of esters is 1. The van der Waals surface area contributed by atoms with Gasteiger partial charge < -0.3 is 4.74 Å². The predicted octanol–water partition coefficient (Wildman–Crippen LogP) is 3.54. The highest BCUT2D eigenvalue weighted by Gasteiger charge is 2.26. The Morgan fingerprint density at radius 2 is 1.87 bits per heavy atom. The Bertz CT molecular complexity index is 195. The maximum atomic E-state index is 11.2. The summed E-state index contributed by atoms with van der Waals surface area (Å²) in [6, 6.07) is 0. The first-order valence-electron chi connectivity index (χ1n) is 6.34. The number of carbonyl (C=O) groups excluding carboxylic acids is 1. The summed E-state index contributed by atoms with van der Waals surface area (Å²) in [6.45, 7) is 6.11. The highest BCUT2D eigenvalue weighted by molar-refractivity contribution is 5.69. The first-order chi connectivity index (χ1) is 7.15. The van der Waals surface area contributed by atoms with Crippen LogP contribution in [-0.4, -0.2) is 12.1 Å². The lowest BCUT2D eigenvalue weighted by atomic mass is 9.79. The molecule has 0 aromatic heterocycles. The zero-order valence-corrected chi connectivity index (χ0v) is 10.3. The van der Waals surface area contributed by atoms with Gasteiger partial charge in [-0.05, 0) is 18.8 Å². The zero-order valence-electron chi connectivity index (χ0n) is 10.3. The molecule has 2 heteroatoms. The van der Waals surface area contributed by atoms with Crippen molar-refractivity contribution in [3.05, 3.63) is 0 Å². The molecule has 2 unspecified atom stereocenters. The van der Waals surface area contributed by atoms with Gasteiger partial charge in [-0.2, -0.15) is 0 Å². The molecule has 15 heavy (non-hydrogen) atoms. The minimum atomic E-state index is -0.0647. The fourth-order valence-corrected chi connectivity index (χ4v) is 2.44. The normalized spacial score (nSPS) is 22.1. The fraction of sp³-hybridized carbons (Fsp3) is 0.923. The lowest BCUT2D eigenvalue weighted by molar-refractivity contribution is -0.151. The molecule has 0 aliphatic heterocycles. The molecule has 2 atom stereocenters. The minimum Gasteiger partial charge on any atom is -0.462 e. The van der Waals surface area contributed by atoms with Crippen LogP contribution in [0.25, 0.3) is 0 Å². The van der Waals surface area contributed by atoms with Crippen LogP contribution < -0.4 is 0 Å². The smallest absolute Gasteiger partial charge is 0.305 e. The first kappa shape index (κ1) is 12.5. The van der Waals surface area contributed by atoms with Crippen molar-refractivity contribution in [2.24, 2.45) is 11.8 Å². The number of carbonyl (C=O) groups is 1. The lowest BCUT2D eigenvalue weighted by Gasteiger charge is -2.31. The number of ether oxygens (including phenoxy) is 1. The molecule has 0 aromatic carbocycles. The molecule has 88 valence electrons. The maximum Gasteiger partial charge on any atom is 0.305 e. The Labute approximate surface area is 93.4 Å². The van der Waals surface area contributed by atoms with Crippen molar-refractivity contribution in [2.45, 2.75) is 65.4 Å². The van der Waals surface area contributed by atoms with Crippen LogP contribution in [0.4, 0.5) is 0 Å². The summed E-state index contributed by atoms with van der Waals surface area (Å²) < 4.78 is 5.38. The van der Waals surface area contributed by atoms with E-state index in [1.807, 2.05) is 13.8 Å². The van der Waals surface area contributed by atoms with Crippen LogP contribution in [0.1, 0.15) is 59.3 Å². The van der Waals surface area contributed by atoms with Gasteiger partial charge in [0.25, 0.3) is 0 Å². The van der Waals surface area contributed by atoms with Crippen LogP contribution in [0.5, 0.6) is 0 Å². The van der Waals surface area contributed by atoms with Crippen molar-refractivity contribution in [1.82, 2.24) is 0 Å². The molecule has 1 saturated carbocycles. The van der Waals surface area contributed by atoms with E-state index in [1.54, 1.807) is 0 Å². The summed E-state index contributed by atoms with van der Waals surface area (Å²) in [6.07, 6.45) is 7.28. The van der Waals surface area contributed by atoms with Crippen molar-refractivity contribution in [3.8, 4) is 0 Å². The molecule has 0 saturated heterocycles. The van der Waals surface area contributed by atoms with Gasteiger partial charge in [-0.1, -0.05) is 46.0 Å². The number of hydrogen-bond acceptors (Lipinski definition) is 2. The average Bonchev–Trinajstić information content (AvgIpc) is 2.29. The van der Waals surface area contributed by atoms with Gasteiger partial charge in [0.15, 0.2) is 0 Å². The van der Waals surface area contributed by atoms with Crippen molar-refractivity contribution in [2.75, 3.05) is 0 Å². The summed E-state index contributed by atoms with van der Waals surface area (Å²) in [5.41, 5.74) is 0. The monoisotopic (exact) mass is 212 g/mol. The van der Waals surface area contributed by atoms with E-state index in [-0.39, 0.29) is 12.1 Å². The fourth-order valence-electron chi connectivity index (χ4n) is 2.44. The Kier molecular flexibility index (Phi) is 5.13. The Balaban J connectivity index is 2.36. The quantitative estimate of drug-likeness (QED) is 0.666. The minimum absolute atomic E-state index is 0.0647. The Hall–Kier alpha value is -0.530. The van der Waals surface area contributed by atoms with E-state index in [0.29, 0.717) is 12.3 Å². The van der Waals surface area contributed by atoms with Gasteiger partial charge >= 0.3 is 5.97 Å². The van der Waals surface area contributed by atoms with E-state index < -0.39 is 0 Å². The van der Waals surface area contributed by atoms with Gasteiger partial charge in [-0.3, -0.25) is 4.79 Å². The largest absolute Gasteiger partial charge is 0.462 e. The van der Waals surface area contributed by atoms with Crippen LogP contribution in [-0.2, 0) is 9.53 Å². The van der Waals surface area contributed by atoms with Crippen molar-refractivity contribution < 1.29 is 9.53 Å². The van der Waals surface area contributed by atoms with Crippen LogP contribution in [0, 0.1) is 11.8 Å². The van der Waals surface area contributed by atoms with Crippen LogP contribution in [0.3, 0.4) is 0 Å². The van der Waals surface area contributed by atoms with Gasteiger partial charge in [0.05, 0.1) is 0 Å². The molecule has 0 N–H and O–H groups in total. The van der Waals surface area contributed by atoms with Crippen molar-refractivity contribution >= 4 is 5.97 Å². The second-order valence-corrected chi connectivity index (χ2v) is 4.81. The molecule has 1 rings (SSSR count). The predicted molar refractivity (Wildman–Crippen MR) is 61.6 cm³/mol. The van der Waals surface area contributed by atoms with Crippen molar-refractivity contribution in [3.63, 3.8) is 0 Å².